The van der Waals surface area contributed by atoms with Crippen molar-refractivity contribution in [2.24, 2.45) is 0 Å². The molecule has 0 aliphatic carbocycles. The van der Waals surface area contributed by atoms with Crippen molar-refractivity contribution in [3.63, 3.8) is 0 Å². The molecule has 0 unspecified atom stereocenters. The lowest BCUT2D eigenvalue weighted by Gasteiger charge is -2.25. The maximum atomic E-state index is 14.5. The monoisotopic (exact) mass is 465 g/mol. The van der Waals surface area contributed by atoms with E-state index < -0.39 is 12.2 Å². The Morgan fingerprint density at radius 2 is 1.67 bits per heavy atom. The Morgan fingerprint density at radius 1 is 0.848 bits per heavy atom. The fraction of sp³-hybridized carbons (Fsp3) is 0.0833. The Kier molecular flexibility index (Phi) is 5.30. The smallest absolute Gasteiger partial charge is 0.353 e. The summed E-state index contributed by atoms with van der Waals surface area (Å²) in [5.74, 6) is -0.0203. The molecule has 164 valence electrons. The molecule has 1 atom stereocenters. The summed E-state index contributed by atoms with van der Waals surface area (Å²) >= 11 is 6.31. The standard InChI is InChI=1S/C24H15ClF3N5/c25-17-9-4-8-15-12-16(19(32-20(15)17)14-6-2-1-3-7-14)22(24(26,27)28)33-23-21-18(30-13-31-23)10-5-11-29-21/h1-13,22H,(H,30,31,33)/t22-/m1/s1. The number of nitrogens with zero attached hydrogens (tertiary/aromatic N) is 4. The molecule has 1 N–H and O–H groups in total. The second-order valence-electron chi connectivity index (χ2n) is 7.32. The molecule has 0 fully saturated rings. The summed E-state index contributed by atoms with van der Waals surface area (Å²) in [6, 6.07) is 16.4. The van der Waals surface area contributed by atoms with Crippen LogP contribution in [0, 0.1) is 0 Å². The molecular formula is C24H15ClF3N5. The predicted molar refractivity (Wildman–Crippen MR) is 122 cm³/mol. The van der Waals surface area contributed by atoms with Gasteiger partial charge >= 0.3 is 6.18 Å². The van der Waals surface area contributed by atoms with Crippen LogP contribution in [-0.4, -0.2) is 26.1 Å². The summed E-state index contributed by atoms with van der Waals surface area (Å²) in [4.78, 5) is 16.8. The molecule has 3 heterocycles. The molecule has 5 aromatic rings. The van der Waals surface area contributed by atoms with Crippen LogP contribution in [0.2, 0.25) is 5.02 Å². The first-order valence-electron chi connectivity index (χ1n) is 9.95. The van der Waals surface area contributed by atoms with Crippen LogP contribution < -0.4 is 5.32 Å². The van der Waals surface area contributed by atoms with Gasteiger partial charge in [0.1, 0.15) is 11.8 Å². The van der Waals surface area contributed by atoms with Gasteiger partial charge in [0.15, 0.2) is 11.9 Å². The molecule has 0 spiro atoms. The molecule has 0 bridgehead atoms. The number of aromatic nitrogens is 4. The molecule has 9 heteroatoms. The highest BCUT2D eigenvalue weighted by Gasteiger charge is 2.43. The van der Waals surface area contributed by atoms with E-state index in [2.05, 4.69) is 25.3 Å². The lowest BCUT2D eigenvalue weighted by Crippen LogP contribution is -2.29. The van der Waals surface area contributed by atoms with Gasteiger partial charge in [-0.1, -0.05) is 54.1 Å². The molecule has 0 saturated heterocycles. The Labute approximate surface area is 191 Å². The van der Waals surface area contributed by atoms with Gasteiger partial charge < -0.3 is 5.32 Å². The Hall–Kier alpha value is -3.78. The van der Waals surface area contributed by atoms with E-state index in [4.69, 9.17) is 11.6 Å². The van der Waals surface area contributed by atoms with Gasteiger partial charge in [-0.2, -0.15) is 13.2 Å². The Bertz CT molecular complexity index is 1450. The molecule has 0 aliphatic heterocycles. The van der Waals surface area contributed by atoms with Crippen LogP contribution in [0.15, 0.2) is 79.3 Å². The molecule has 0 amide bonds. The lowest BCUT2D eigenvalue weighted by atomic mass is 9.97. The molecule has 2 aromatic carbocycles. The summed E-state index contributed by atoms with van der Waals surface area (Å²) in [6.07, 6.45) is -1.98. The van der Waals surface area contributed by atoms with Crippen LogP contribution in [0.5, 0.6) is 0 Å². The maximum absolute atomic E-state index is 14.5. The molecule has 0 radical (unpaired) electrons. The average Bonchev–Trinajstić information content (AvgIpc) is 2.82. The normalized spacial score (nSPS) is 12.7. The van der Waals surface area contributed by atoms with E-state index in [1.807, 2.05) is 0 Å². The van der Waals surface area contributed by atoms with Gasteiger partial charge in [-0.25, -0.2) is 15.0 Å². The topological polar surface area (TPSA) is 63.6 Å². The van der Waals surface area contributed by atoms with Gasteiger partial charge in [0.05, 0.1) is 21.7 Å². The fourth-order valence-electron chi connectivity index (χ4n) is 3.70. The first kappa shape index (κ1) is 21.1. The van der Waals surface area contributed by atoms with E-state index in [0.29, 0.717) is 27.0 Å². The van der Waals surface area contributed by atoms with Gasteiger partial charge in [0.25, 0.3) is 0 Å². The summed E-state index contributed by atoms with van der Waals surface area (Å²) in [5, 5.41) is 3.42. The number of anilines is 1. The summed E-state index contributed by atoms with van der Waals surface area (Å²) < 4.78 is 43.5. The predicted octanol–water partition coefficient (Wildman–Crippen LogP) is 6.61. The zero-order valence-corrected chi connectivity index (χ0v) is 17.6. The molecule has 5 nitrogen and oxygen atoms in total. The van der Waals surface area contributed by atoms with Gasteiger partial charge in [0, 0.05) is 22.7 Å². The minimum atomic E-state index is -4.66. The highest BCUT2D eigenvalue weighted by molar-refractivity contribution is 6.35. The maximum Gasteiger partial charge on any atom is 0.412 e. The zero-order chi connectivity index (χ0) is 23.0. The molecule has 0 aliphatic rings. The second-order valence-corrected chi connectivity index (χ2v) is 7.72. The fourth-order valence-corrected chi connectivity index (χ4v) is 3.92. The lowest BCUT2D eigenvalue weighted by molar-refractivity contribution is -0.143. The summed E-state index contributed by atoms with van der Waals surface area (Å²) in [7, 11) is 0. The third kappa shape index (κ3) is 4.05. The quantitative estimate of drug-likeness (QED) is 0.323. The number of pyridine rings is 2. The molecule has 3 aromatic heterocycles. The van der Waals surface area contributed by atoms with Crippen molar-refractivity contribution in [3.05, 3.63) is 89.8 Å². The van der Waals surface area contributed by atoms with E-state index in [1.54, 1.807) is 60.7 Å². The van der Waals surface area contributed by atoms with Gasteiger partial charge in [-0.05, 0) is 24.3 Å². The van der Waals surface area contributed by atoms with E-state index in [1.165, 1.54) is 18.6 Å². The molecule has 0 saturated carbocycles. The number of benzene rings is 2. The van der Waals surface area contributed by atoms with Crippen molar-refractivity contribution in [2.45, 2.75) is 12.2 Å². The number of hydrogen-bond acceptors (Lipinski definition) is 5. The zero-order valence-electron chi connectivity index (χ0n) is 16.9. The van der Waals surface area contributed by atoms with Crippen LogP contribution in [0.1, 0.15) is 11.6 Å². The van der Waals surface area contributed by atoms with Crippen LogP contribution in [0.25, 0.3) is 33.2 Å². The minimum Gasteiger partial charge on any atom is -0.353 e. The summed E-state index contributed by atoms with van der Waals surface area (Å²) in [5.41, 5.74) is 1.77. The van der Waals surface area contributed by atoms with E-state index >= 15 is 0 Å². The van der Waals surface area contributed by atoms with E-state index in [9.17, 15) is 13.2 Å². The number of halogens is 4. The van der Waals surface area contributed by atoms with Gasteiger partial charge in [-0.15, -0.1) is 0 Å². The molecular weight excluding hydrogens is 451 g/mol. The summed E-state index contributed by atoms with van der Waals surface area (Å²) in [6.45, 7) is 0. The second kappa shape index (κ2) is 8.29. The minimum absolute atomic E-state index is 0.0203. The van der Waals surface area contributed by atoms with Crippen molar-refractivity contribution in [2.75, 3.05) is 5.32 Å². The molecule has 5 rings (SSSR count). The largest absolute Gasteiger partial charge is 0.412 e. The first-order valence-corrected chi connectivity index (χ1v) is 10.3. The van der Waals surface area contributed by atoms with Crippen LogP contribution in [0.4, 0.5) is 19.0 Å². The van der Waals surface area contributed by atoms with Crippen molar-refractivity contribution in [3.8, 4) is 11.3 Å². The van der Waals surface area contributed by atoms with E-state index in [-0.39, 0.29) is 22.6 Å². The SMILES string of the molecule is FC(F)(F)[C@H](Nc1ncnc2cccnc12)c1cc2cccc(Cl)c2nc1-c1ccccc1. The molecule has 33 heavy (non-hydrogen) atoms. The van der Waals surface area contributed by atoms with Crippen LogP contribution >= 0.6 is 11.6 Å². The number of nitrogens with one attached hydrogen (secondary N) is 1. The number of para-hydroxylation sites is 1. The van der Waals surface area contributed by atoms with Crippen molar-refractivity contribution < 1.29 is 13.2 Å². The number of fused-ring (bicyclic) bond motifs is 2. The van der Waals surface area contributed by atoms with Crippen molar-refractivity contribution in [1.29, 1.82) is 0 Å². The number of rotatable bonds is 4. The Balaban J connectivity index is 1.74. The van der Waals surface area contributed by atoms with Crippen LogP contribution in [-0.2, 0) is 0 Å². The highest BCUT2D eigenvalue weighted by atomic mass is 35.5. The first-order chi connectivity index (χ1) is 15.9. The average molecular weight is 466 g/mol. The Morgan fingerprint density at radius 3 is 2.45 bits per heavy atom. The van der Waals surface area contributed by atoms with Gasteiger partial charge in [0.2, 0.25) is 0 Å². The number of alkyl halides is 3. The third-order valence-corrected chi connectivity index (χ3v) is 5.49. The van der Waals surface area contributed by atoms with Crippen molar-refractivity contribution >= 4 is 39.4 Å². The number of hydrogen-bond donors (Lipinski definition) is 1. The highest BCUT2D eigenvalue weighted by Crippen LogP contribution is 2.41. The van der Waals surface area contributed by atoms with E-state index in [0.717, 1.165) is 0 Å². The van der Waals surface area contributed by atoms with Gasteiger partial charge in [-0.3, -0.25) is 4.98 Å². The van der Waals surface area contributed by atoms with Crippen molar-refractivity contribution in [1.82, 2.24) is 19.9 Å². The third-order valence-electron chi connectivity index (χ3n) is 5.19. The van der Waals surface area contributed by atoms with Crippen LogP contribution in [0.3, 0.4) is 0 Å².